The van der Waals surface area contributed by atoms with Crippen molar-refractivity contribution in [3.8, 4) is 17.0 Å². The van der Waals surface area contributed by atoms with E-state index in [2.05, 4.69) is 44.3 Å². The van der Waals surface area contributed by atoms with Crippen LogP contribution in [0.15, 0.2) is 72.8 Å². The maximum atomic E-state index is 13.4. The molecule has 0 bridgehead atoms. The quantitative estimate of drug-likeness (QED) is 0.288. The second-order valence-electron chi connectivity index (χ2n) is 8.84. The third-order valence-electron chi connectivity index (χ3n) is 6.26. The van der Waals surface area contributed by atoms with Crippen LogP contribution in [0.1, 0.15) is 59.8 Å². The van der Waals surface area contributed by atoms with E-state index in [0.29, 0.717) is 12.2 Å². The summed E-state index contributed by atoms with van der Waals surface area (Å²) in [7, 11) is 0. The number of carbonyl (C=O) groups excluding carboxylic acids is 1. The molecule has 1 N–H and O–H groups in total. The molecule has 0 aliphatic rings. The molecule has 0 spiro atoms. The molecule has 1 aromatic heterocycles. The Labute approximate surface area is 202 Å². The molecule has 3 aromatic carbocycles. The van der Waals surface area contributed by atoms with Gasteiger partial charge in [-0.1, -0.05) is 49.7 Å². The van der Waals surface area contributed by atoms with Gasteiger partial charge in [-0.3, -0.25) is 4.79 Å². The zero-order chi connectivity index (χ0) is 24.1. The molecule has 0 saturated carbocycles. The van der Waals surface area contributed by atoms with Gasteiger partial charge in [0.2, 0.25) is 0 Å². The first-order valence-electron chi connectivity index (χ1n) is 12.0. The number of nitrogens with one attached hydrogen (secondary N) is 1. The molecule has 0 radical (unpaired) electrons. The van der Waals surface area contributed by atoms with Gasteiger partial charge >= 0.3 is 0 Å². The number of ether oxygens (including phenoxy) is 1. The number of carbonyl (C=O) groups is 1. The van der Waals surface area contributed by atoms with E-state index >= 15 is 0 Å². The molecule has 4 rings (SSSR count). The minimum absolute atomic E-state index is 0.106. The lowest BCUT2D eigenvalue weighted by molar-refractivity contribution is 0.0941. The van der Waals surface area contributed by atoms with Crippen LogP contribution in [0.4, 0.5) is 0 Å². The van der Waals surface area contributed by atoms with Crippen molar-refractivity contribution in [2.75, 3.05) is 6.61 Å². The minimum atomic E-state index is -0.110. The van der Waals surface area contributed by atoms with Crippen molar-refractivity contribution in [2.24, 2.45) is 0 Å². The minimum Gasteiger partial charge on any atom is -0.494 e. The van der Waals surface area contributed by atoms with Gasteiger partial charge in [-0.05, 0) is 80.3 Å². The number of hydrogen-bond donors (Lipinski definition) is 1. The van der Waals surface area contributed by atoms with Gasteiger partial charge in [0.25, 0.3) is 5.91 Å². The summed E-state index contributed by atoms with van der Waals surface area (Å²) in [5, 5.41) is 4.02. The number of amides is 1. The topological polar surface area (TPSA) is 51.2 Å². The van der Waals surface area contributed by atoms with Crippen molar-refractivity contribution < 1.29 is 9.53 Å². The maximum absolute atomic E-state index is 13.4. The van der Waals surface area contributed by atoms with Crippen LogP contribution in [0.5, 0.6) is 5.75 Å². The van der Waals surface area contributed by atoms with Crippen LogP contribution in [-0.2, 0) is 0 Å². The molecule has 174 valence electrons. The maximum Gasteiger partial charge on any atom is 0.252 e. The molecule has 4 aromatic rings. The van der Waals surface area contributed by atoms with Gasteiger partial charge in [0, 0.05) is 10.9 Å². The van der Waals surface area contributed by atoms with E-state index < -0.39 is 0 Å². The van der Waals surface area contributed by atoms with Crippen LogP contribution < -0.4 is 10.1 Å². The average Bonchev–Trinajstić information content (AvgIpc) is 2.85. The van der Waals surface area contributed by atoms with Gasteiger partial charge in [0.1, 0.15) is 5.75 Å². The van der Waals surface area contributed by atoms with Crippen molar-refractivity contribution in [2.45, 2.75) is 46.6 Å². The number of aromatic nitrogens is 1. The summed E-state index contributed by atoms with van der Waals surface area (Å²) in [6.45, 7) is 9.07. The summed E-state index contributed by atoms with van der Waals surface area (Å²) in [6.07, 6.45) is 2.14. The van der Waals surface area contributed by atoms with E-state index in [1.54, 1.807) is 0 Å². The van der Waals surface area contributed by atoms with E-state index in [0.717, 1.165) is 46.3 Å². The van der Waals surface area contributed by atoms with Crippen molar-refractivity contribution in [3.63, 3.8) is 0 Å². The second kappa shape index (κ2) is 10.5. The van der Waals surface area contributed by atoms with E-state index in [1.165, 1.54) is 11.1 Å². The third kappa shape index (κ3) is 5.28. The first-order chi connectivity index (χ1) is 16.5. The Kier molecular flexibility index (Phi) is 7.27. The molecule has 0 saturated heterocycles. The van der Waals surface area contributed by atoms with Crippen molar-refractivity contribution >= 4 is 16.8 Å². The van der Waals surface area contributed by atoms with Crippen LogP contribution >= 0.6 is 0 Å². The summed E-state index contributed by atoms with van der Waals surface area (Å²) >= 11 is 0. The molecule has 1 heterocycles. The van der Waals surface area contributed by atoms with Gasteiger partial charge in [-0.25, -0.2) is 4.98 Å². The summed E-state index contributed by atoms with van der Waals surface area (Å²) in [4.78, 5) is 18.3. The molecule has 1 atom stereocenters. The van der Waals surface area contributed by atoms with Crippen molar-refractivity contribution in [1.29, 1.82) is 0 Å². The van der Waals surface area contributed by atoms with Crippen molar-refractivity contribution in [1.82, 2.24) is 10.3 Å². The third-order valence-corrected chi connectivity index (χ3v) is 6.26. The summed E-state index contributed by atoms with van der Waals surface area (Å²) in [5.41, 5.74) is 6.69. The monoisotopic (exact) mass is 452 g/mol. The van der Waals surface area contributed by atoms with Crippen LogP contribution in [0, 0.1) is 13.8 Å². The zero-order valence-corrected chi connectivity index (χ0v) is 20.4. The summed E-state index contributed by atoms with van der Waals surface area (Å²) in [6, 6.07) is 23.8. The first-order valence-corrected chi connectivity index (χ1v) is 12.0. The fraction of sp³-hybridized carbons (Fsp3) is 0.267. The number of pyridine rings is 1. The van der Waals surface area contributed by atoms with E-state index in [1.807, 2.05) is 61.5 Å². The highest BCUT2D eigenvalue weighted by atomic mass is 16.5. The van der Waals surface area contributed by atoms with E-state index in [9.17, 15) is 4.79 Å². The Bertz CT molecular complexity index is 1300. The largest absolute Gasteiger partial charge is 0.494 e. The average molecular weight is 453 g/mol. The molecule has 0 unspecified atom stereocenters. The Morgan fingerprint density at radius 3 is 2.47 bits per heavy atom. The molecule has 0 fully saturated rings. The van der Waals surface area contributed by atoms with Crippen molar-refractivity contribution in [3.05, 3.63) is 95.1 Å². The van der Waals surface area contributed by atoms with E-state index in [4.69, 9.17) is 9.72 Å². The van der Waals surface area contributed by atoms with Crippen LogP contribution in [0.25, 0.3) is 22.2 Å². The number of para-hydroxylation sites is 1. The molecule has 1 amide bonds. The molecule has 4 nitrogen and oxygen atoms in total. The first kappa shape index (κ1) is 23.5. The van der Waals surface area contributed by atoms with Gasteiger partial charge in [0.15, 0.2) is 0 Å². The zero-order valence-electron chi connectivity index (χ0n) is 20.4. The summed E-state index contributed by atoms with van der Waals surface area (Å²) < 4.78 is 5.79. The highest BCUT2D eigenvalue weighted by molar-refractivity contribution is 6.07. The fourth-order valence-electron chi connectivity index (χ4n) is 3.96. The second-order valence-corrected chi connectivity index (χ2v) is 8.84. The van der Waals surface area contributed by atoms with E-state index in [-0.39, 0.29) is 11.9 Å². The number of fused-ring (bicyclic) bond motifs is 1. The molecule has 0 aliphatic heterocycles. The Morgan fingerprint density at radius 2 is 1.74 bits per heavy atom. The lowest BCUT2D eigenvalue weighted by Crippen LogP contribution is -2.27. The highest BCUT2D eigenvalue weighted by Crippen LogP contribution is 2.27. The Hall–Kier alpha value is -3.66. The number of hydrogen-bond acceptors (Lipinski definition) is 3. The fourth-order valence-corrected chi connectivity index (χ4v) is 3.96. The van der Waals surface area contributed by atoms with Crippen LogP contribution in [0.2, 0.25) is 0 Å². The Morgan fingerprint density at radius 1 is 0.971 bits per heavy atom. The number of rotatable bonds is 8. The smallest absolute Gasteiger partial charge is 0.252 e. The number of aryl methyl sites for hydroxylation is 2. The Balaban J connectivity index is 1.63. The highest BCUT2D eigenvalue weighted by Gasteiger charge is 2.17. The van der Waals surface area contributed by atoms with Gasteiger partial charge in [-0.15, -0.1) is 0 Å². The molecular formula is C30H32N2O2. The standard InChI is InChI=1S/C30H32N2O2/c1-5-6-17-34-25-15-13-23(14-16-25)29-19-27(26-9-7-8-10-28(26)32-29)30(33)31-22(4)24-12-11-20(2)21(3)18-24/h7-16,18-19,22H,5-6,17H2,1-4H3,(H,31,33)/t22-/m0/s1. The molecule has 4 heteroatoms. The predicted molar refractivity (Wildman–Crippen MR) is 139 cm³/mol. The van der Waals surface area contributed by atoms with Gasteiger partial charge in [0.05, 0.1) is 29.4 Å². The number of nitrogens with zero attached hydrogens (tertiary/aromatic N) is 1. The lowest BCUT2D eigenvalue weighted by Gasteiger charge is -2.17. The molecular weight excluding hydrogens is 420 g/mol. The van der Waals surface area contributed by atoms with Gasteiger partial charge < -0.3 is 10.1 Å². The number of unbranched alkanes of at least 4 members (excludes halogenated alkanes) is 1. The van der Waals surface area contributed by atoms with Crippen LogP contribution in [-0.4, -0.2) is 17.5 Å². The number of benzene rings is 3. The summed E-state index contributed by atoms with van der Waals surface area (Å²) in [5.74, 6) is 0.739. The molecule has 0 aliphatic carbocycles. The van der Waals surface area contributed by atoms with Gasteiger partial charge in [-0.2, -0.15) is 0 Å². The normalized spacial score (nSPS) is 11.9. The van der Waals surface area contributed by atoms with Crippen LogP contribution in [0.3, 0.4) is 0 Å². The molecule has 34 heavy (non-hydrogen) atoms. The predicted octanol–water partition coefficient (Wildman–Crippen LogP) is 7.19. The lowest BCUT2D eigenvalue weighted by atomic mass is 10.0. The SMILES string of the molecule is CCCCOc1ccc(-c2cc(C(=O)N[C@@H](C)c3ccc(C)c(C)c3)c3ccccc3n2)cc1.